The van der Waals surface area contributed by atoms with Crippen LogP contribution in [0.4, 0.5) is 4.39 Å². The van der Waals surface area contributed by atoms with E-state index >= 15 is 0 Å². The van der Waals surface area contributed by atoms with E-state index in [2.05, 4.69) is 13.0 Å². The van der Waals surface area contributed by atoms with Crippen LogP contribution < -0.4 is 0 Å². The van der Waals surface area contributed by atoms with Crippen molar-refractivity contribution in [3.63, 3.8) is 0 Å². The Hall–Kier alpha value is -0.860. The molecule has 0 N–H and O–H groups in total. The molecule has 0 radical (unpaired) electrons. The molecule has 1 unspecified atom stereocenters. The largest absolute Gasteiger partial charge is 0.207 e. The summed E-state index contributed by atoms with van der Waals surface area (Å²) in [5.41, 5.74) is 0.811. The fourth-order valence-electron chi connectivity index (χ4n) is 1.55. The van der Waals surface area contributed by atoms with Gasteiger partial charge in [-0.2, -0.15) is 0 Å². The molecular formula is C13H12ClFS. The van der Waals surface area contributed by atoms with Gasteiger partial charge in [-0.25, -0.2) is 4.39 Å². The van der Waals surface area contributed by atoms with Crippen molar-refractivity contribution in [3.8, 4) is 0 Å². The lowest BCUT2D eigenvalue weighted by Gasteiger charge is -2.07. The first-order chi connectivity index (χ1) is 7.70. The number of alkyl halides is 1. The first-order valence-electron chi connectivity index (χ1n) is 5.19. The van der Waals surface area contributed by atoms with Crippen LogP contribution in [0.1, 0.15) is 27.6 Å². The molecule has 1 heterocycles. The first-order valence-corrected chi connectivity index (χ1v) is 6.44. The van der Waals surface area contributed by atoms with Gasteiger partial charge < -0.3 is 0 Å². The second-order valence-corrected chi connectivity index (χ2v) is 5.21. The molecule has 16 heavy (non-hydrogen) atoms. The van der Waals surface area contributed by atoms with Gasteiger partial charge in [-0.3, -0.25) is 0 Å². The van der Waals surface area contributed by atoms with E-state index in [0.29, 0.717) is 0 Å². The van der Waals surface area contributed by atoms with Crippen LogP contribution in [0.15, 0.2) is 36.4 Å². The minimum atomic E-state index is -0.249. The maximum Gasteiger partial charge on any atom is 0.123 e. The molecule has 0 aliphatic rings. The molecule has 3 heteroatoms. The molecule has 0 spiro atoms. The number of rotatable bonds is 3. The Morgan fingerprint density at radius 2 is 2.12 bits per heavy atom. The molecule has 1 aromatic heterocycles. The van der Waals surface area contributed by atoms with Gasteiger partial charge in [0.25, 0.3) is 0 Å². The highest BCUT2D eigenvalue weighted by atomic mass is 35.5. The van der Waals surface area contributed by atoms with E-state index in [9.17, 15) is 4.39 Å². The van der Waals surface area contributed by atoms with E-state index in [1.165, 1.54) is 17.0 Å². The van der Waals surface area contributed by atoms with Crippen molar-refractivity contribution in [1.29, 1.82) is 0 Å². The molecule has 0 aliphatic carbocycles. The van der Waals surface area contributed by atoms with Crippen molar-refractivity contribution in [2.24, 2.45) is 0 Å². The third-order valence-electron chi connectivity index (χ3n) is 2.42. The van der Waals surface area contributed by atoms with E-state index in [1.54, 1.807) is 17.4 Å². The van der Waals surface area contributed by atoms with E-state index in [-0.39, 0.29) is 11.2 Å². The van der Waals surface area contributed by atoms with Gasteiger partial charge in [0.15, 0.2) is 0 Å². The minimum Gasteiger partial charge on any atom is -0.207 e. The van der Waals surface area contributed by atoms with Gasteiger partial charge in [-0.05, 0) is 36.2 Å². The number of hydrogen-bond donors (Lipinski definition) is 0. The highest BCUT2D eigenvalue weighted by Crippen LogP contribution is 2.33. The van der Waals surface area contributed by atoms with Crippen LogP contribution in [0.5, 0.6) is 0 Å². The molecule has 2 aromatic rings. The lowest BCUT2D eigenvalue weighted by atomic mass is 10.1. The van der Waals surface area contributed by atoms with Crippen LogP contribution in [0.3, 0.4) is 0 Å². The Balaban J connectivity index is 2.27. The molecular weight excluding hydrogens is 243 g/mol. The third kappa shape index (κ3) is 2.45. The van der Waals surface area contributed by atoms with Crippen LogP contribution in [0, 0.1) is 5.82 Å². The van der Waals surface area contributed by atoms with Crippen molar-refractivity contribution in [2.45, 2.75) is 18.7 Å². The second-order valence-electron chi connectivity index (χ2n) is 3.58. The van der Waals surface area contributed by atoms with Crippen molar-refractivity contribution in [3.05, 3.63) is 57.5 Å². The fourth-order valence-corrected chi connectivity index (χ4v) is 2.85. The average Bonchev–Trinajstić information content (AvgIpc) is 2.76. The number of benzene rings is 1. The zero-order valence-electron chi connectivity index (χ0n) is 8.91. The van der Waals surface area contributed by atoms with Crippen molar-refractivity contribution < 1.29 is 4.39 Å². The highest BCUT2D eigenvalue weighted by Gasteiger charge is 2.13. The van der Waals surface area contributed by atoms with Gasteiger partial charge in [-0.15, -0.1) is 22.9 Å². The Labute approximate surface area is 104 Å². The van der Waals surface area contributed by atoms with Gasteiger partial charge in [0, 0.05) is 9.75 Å². The number of hydrogen-bond acceptors (Lipinski definition) is 1. The number of aryl methyl sites for hydroxylation is 1. The molecule has 1 atom stereocenters. The molecule has 0 fully saturated rings. The van der Waals surface area contributed by atoms with E-state index < -0.39 is 0 Å². The average molecular weight is 255 g/mol. The molecule has 1 aromatic carbocycles. The normalized spacial score (nSPS) is 12.7. The fraction of sp³-hybridized carbons (Fsp3) is 0.231. The molecule has 0 amide bonds. The Morgan fingerprint density at radius 1 is 1.31 bits per heavy atom. The smallest absolute Gasteiger partial charge is 0.123 e. The molecule has 0 nitrogen and oxygen atoms in total. The summed E-state index contributed by atoms with van der Waals surface area (Å²) in [5.74, 6) is -0.240. The van der Waals surface area contributed by atoms with Crippen LogP contribution >= 0.6 is 22.9 Å². The van der Waals surface area contributed by atoms with Crippen LogP contribution in [-0.2, 0) is 6.42 Å². The highest BCUT2D eigenvalue weighted by molar-refractivity contribution is 7.12. The third-order valence-corrected chi connectivity index (χ3v) is 4.33. The van der Waals surface area contributed by atoms with E-state index in [0.717, 1.165) is 16.9 Å². The van der Waals surface area contributed by atoms with Gasteiger partial charge in [0.2, 0.25) is 0 Å². The lowest BCUT2D eigenvalue weighted by molar-refractivity contribution is 0.626. The maximum atomic E-state index is 13.1. The predicted molar refractivity (Wildman–Crippen MR) is 67.8 cm³/mol. The number of thiophene rings is 1. The maximum absolute atomic E-state index is 13.1. The first kappa shape index (κ1) is 11.6. The van der Waals surface area contributed by atoms with Crippen molar-refractivity contribution in [1.82, 2.24) is 0 Å². The summed E-state index contributed by atoms with van der Waals surface area (Å²) < 4.78 is 13.1. The topological polar surface area (TPSA) is 0 Å². The zero-order valence-corrected chi connectivity index (χ0v) is 10.5. The molecule has 0 bridgehead atoms. The van der Waals surface area contributed by atoms with Crippen LogP contribution in [0.2, 0.25) is 0 Å². The summed E-state index contributed by atoms with van der Waals surface area (Å²) in [6.07, 6.45) is 1.01. The monoisotopic (exact) mass is 254 g/mol. The Kier molecular flexibility index (Phi) is 3.62. The second kappa shape index (κ2) is 4.98. The summed E-state index contributed by atoms with van der Waals surface area (Å²) in [5, 5.41) is -0.249. The Morgan fingerprint density at radius 3 is 2.75 bits per heavy atom. The quantitative estimate of drug-likeness (QED) is 0.692. The molecule has 0 saturated carbocycles. The zero-order chi connectivity index (χ0) is 11.5. The molecule has 84 valence electrons. The summed E-state index contributed by atoms with van der Waals surface area (Å²) in [6, 6.07) is 10.6. The van der Waals surface area contributed by atoms with E-state index in [4.69, 9.17) is 11.6 Å². The van der Waals surface area contributed by atoms with Gasteiger partial charge >= 0.3 is 0 Å². The molecule has 2 rings (SSSR count). The molecule has 0 saturated heterocycles. The van der Waals surface area contributed by atoms with Crippen molar-refractivity contribution >= 4 is 22.9 Å². The molecule has 0 aliphatic heterocycles. The van der Waals surface area contributed by atoms with Crippen molar-refractivity contribution in [2.75, 3.05) is 0 Å². The SMILES string of the molecule is CCc1ccc(C(Cl)c2cccc(F)c2)s1. The summed E-state index contributed by atoms with van der Waals surface area (Å²) in [7, 11) is 0. The minimum absolute atomic E-state index is 0.240. The van der Waals surface area contributed by atoms with Crippen LogP contribution in [-0.4, -0.2) is 0 Å². The summed E-state index contributed by atoms with van der Waals surface area (Å²) in [4.78, 5) is 2.38. The Bertz CT molecular complexity index is 478. The summed E-state index contributed by atoms with van der Waals surface area (Å²) in [6.45, 7) is 2.11. The summed E-state index contributed by atoms with van der Waals surface area (Å²) >= 11 is 8.00. The van der Waals surface area contributed by atoms with E-state index in [1.807, 2.05) is 12.1 Å². The van der Waals surface area contributed by atoms with Crippen LogP contribution in [0.25, 0.3) is 0 Å². The van der Waals surface area contributed by atoms with Gasteiger partial charge in [0.1, 0.15) is 5.82 Å². The van der Waals surface area contributed by atoms with Gasteiger partial charge in [-0.1, -0.05) is 19.1 Å². The number of halogens is 2. The lowest BCUT2D eigenvalue weighted by Crippen LogP contribution is -1.90. The van der Waals surface area contributed by atoms with Gasteiger partial charge in [0.05, 0.1) is 5.38 Å². The standard InChI is InChI=1S/C13H12ClFS/c1-2-11-6-7-12(16-11)13(14)9-4-3-5-10(15)8-9/h3-8,13H,2H2,1H3. The predicted octanol–water partition coefficient (Wildman–Crippen LogP) is 4.78.